The maximum Gasteiger partial charge on any atom is 0.152 e. The summed E-state index contributed by atoms with van der Waals surface area (Å²) in [5.41, 5.74) is 3.49. The van der Waals surface area contributed by atoms with Crippen molar-refractivity contribution in [3.05, 3.63) is 48.7 Å². The molecule has 1 fully saturated rings. The van der Waals surface area contributed by atoms with Gasteiger partial charge in [-0.3, -0.25) is 19.7 Å². The van der Waals surface area contributed by atoms with E-state index < -0.39 is 0 Å². The van der Waals surface area contributed by atoms with Crippen LogP contribution in [0.4, 0.5) is 0 Å². The van der Waals surface area contributed by atoms with E-state index >= 15 is 0 Å². The molecule has 0 radical (unpaired) electrons. The first kappa shape index (κ1) is 16.7. The summed E-state index contributed by atoms with van der Waals surface area (Å²) in [6.45, 7) is 3.46. The molecule has 0 spiro atoms. The monoisotopic (exact) mass is 349 g/mol. The Kier molecular flexibility index (Phi) is 4.90. The van der Waals surface area contributed by atoms with Crippen LogP contribution in [0.5, 0.6) is 0 Å². The molecule has 1 saturated heterocycles. The largest absolute Gasteiger partial charge is 0.379 e. The van der Waals surface area contributed by atoms with Gasteiger partial charge in [-0.25, -0.2) is 0 Å². The summed E-state index contributed by atoms with van der Waals surface area (Å²) in [7, 11) is 0. The van der Waals surface area contributed by atoms with E-state index in [0.717, 1.165) is 40.8 Å². The summed E-state index contributed by atoms with van der Waals surface area (Å²) in [5, 5.41) is 8.66. The van der Waals surface area contributed by atoms with Crippen LogP contribution >= 0.6 is 0 Å². The lowest BCUT2D eigenvalue weighted by atomic mass is 10.1. The van der Waals surface area contributed by atoms with Gasteiger partial charge >= 0.3 is 0 Å². The van der Waals surface area contributed by atoms with E-state index in [0.29, 0.717) is 26.2 Å². The highest BCUT2D eigenvalue weighted by atomic mass is 16.5. The van der Waals surface area contributed by atoms with Gasteiger partial charge in [0.25, 0.3) is 0 Å². The van der Waals surface area contributed by atoms with E-state index in [-0.39, 0.29) is 5.78 Å². The van der Waals surface area contributed by atoms with Gasteiger partial charge in [-0.05, 0) is 18.2 Å². The van der Waals surface area contributed by atoms with Gasteiger partial charge in [-0.15, -0.1) is 0 Å². The molecule has 0 saturated carbocycles. The van der Waals surface area contributed by atoms with Crippen molar-refractivity contribution < 1.29 is 9.53 Å². The molecule has 132 valence electrons. The second-order valence-corrected chi connectivity index (χ2v) is 6.33. The van der Waals surface area contributed by atoms with Gasteiger partial charge in [-0.2, -0.15) is 10.2 Å². The second kappa shape index (κ2) is 7.63. The Morgan fingerprint density at radius 3 is 2.73 bits per heavy atom. The van der Waals surface area contributed by atoms with Crippen LogP contribution in [0.25, 0.3) is 22.0 Å². The number of pyridine rings is 2. The highest BCUT2D eigenvalue weighted by Crippen LogP contribution is 2.21. The number of ketones is 1. The second-order valence-electron chi connectivity index (χ2n) is 6.33. The normalized spacial score (nSPS) is 15.2. The fourth-order valence-electron chi connectivity index (χ4n) is 3.06. The van der Waals surface area contributed by atoms with Crippen LogP contribution in [0.3, 0.4) is 0 Å². The van der Waals surface area contributed by atoms with Crippen molar-refractivity contribution in [3.8, 4) is 11.1 Å². The Labute approximate surface area is 151 Å². The lowest BCUT2D eigenvalue weighted by Crippen LogP contribution is -2.39. The summed E-state index contributed by atoms with van der Waals surface area (Å²) in [4.78, 5) is 23.3. The minimum atomic E-state index is 0.168. The van der Waals surface area contributed by atoms with Crippen LogP contribution in [0.1, 0.15) is 5.69 Å². The van der Waals surface area contributed by atoms with Gasteiger partial charge in [-0.1, -0.05) is 0 Å². The molecule has 0 aliphatic carbocycles. The first-order chi connectivity index (χ1) is 12.8. The molecule has 4 rings (SSSR count). The van der Waals surface area contributed by atoms with Crippen molar-refractivity contribution >= 4 is 16.7 Å². The van der Waals surface area contributed by atoms with Gasteiger partial charge in [0, 0.05) is 41.5 Å². The average molecular weight is 349 g/mol. The molecule has 0 N–H and O–H groups in total. The van der Waals surface area contributed by atoms with Crippen LogP contribution in [0.2, 0.25) is 0 Å². The molecule has 4 heterocycles. The number of carbonyl (C=O) groups excluding carboxylic acids is 1. The average Bonchev–Trinajstić information content (AvgIpc) is 2.69. The third-order valence-corrected chi connectivity index (χ3v) is 4.42. The number of nitrogens with zero attached hydrogens (tertiary/aromatic N) is 5. The maximum atomic E-state index is 12.4. The molecule has 3 aromatic rings. The zero-order valence-corrected chi connectivity index (χ0v) is 14.3. The predicted octanol–water partition coefficient (Wildman–Crippen LogP) is 1.53. The number of rotatable bonds is 5. The molecule has 7 nitrogen and oxygen atoms in total. The van der Waals surface area contributed by atoms with Crippen LogP contribution in [-0.2, 0) is 16.0 Å². The fraction of sp³-hybridized carbons (Fsp3) is 0.316. The van der Waals surface area contributed by atoms with Gasteiger partial charge < -0.3 is 4.74 Å². The lowest BCUT2D eigenvalue weighted by Gasteiger charge is -2.25. The zero-order chi connectivity index (χ0) is 17.8. The van der Waals surface area contributed by atoms with Crippen LogP contribution in [0, 0.1) is 0 Å². The summed E-state index contributed by atoms with van der Waals surface area (Å²) in [5.74, 6) is 0.168. The standard InChI is InChI=1S/C19H19N5O2/c25-18(13-24-3-5-26-6-4-24)9-17-8-15-7-16(10-21-19(15)12-20-17)14-1-2-22-23-11-14/h1-2,7-8,10-12H,3-6,9,13H2. The van der Waals surface area contributed by atoms with E-state index in [9.17, 15) is 4.79 Å². The van der Waals surface area contributed by atoms with E-state index in [1.165, 1.54) is 0 Å². The van der Waals surface area contributed by atoms with Gasteiger partial charge in [0.1, 0.15) is 0 Å². The number of hydrogen-bond donors (Lipinski definition) is 0. The Bertz CT molecular complexity index is 910. The minimum Gasteiger partial charge on any atom is -0.379 e. The van der Waals surface area contributed by atoms with E-state index in [4.69, 9.17) is 4.74 Å². The van der Waals surface area contributed by atoms with Crippen molar-refractivity contribution in [2.45, 2.75) is 6.42 Å². The summed E-state index contributed by atoms with van der Waals surface area (Å²) < 4.78 is 5.31. The first-order valence-corrected chi connectivity index (χ1v) is 8.61. The third kappa shape index (κ3) is 3.89. The molecule has 3 aromatic heterocycles. The minimum absolute atomic E-state index is 0.168. The summed E-state index contributed by atoms with van der Waals surface area (Å²) in [6.07, 6.45) is 7.21. The fourth-order valence-corrected chi connectivity index (χ4v) is 3.06. The quantitative estimate of drug-likeness (QED) is 0.691. The molecular weight excluding hydrogens is 330 g/mol. The molecule has 26 heavy (non-hydrogen) atoms. The highest BCUT2D eigenvalue weighted by Gasteiger charge is 2.15. The van der Waals surface area contributed by atoms with Crippen LogP contribution in [-0.4, -0.2) is 63.7 Å². The third-order valence-electron chi connectivity index (χ3n) is 4.42. The number of carbonyl (C=O) groups is 1. The molecule has 0 atom stereocenters. The molecule has 0 unspecified atom stereocenters. The Balaban J connectivity index is 1.51. The molecule has 1 aliphatic rings. The topological polar surface area (TPSA) is 81.1 Å². The predicted molar refractivity (Wildman–Crippen MR) is 96.5 cm³/mol. The molecule has 0 aromatic carbocycles. The number of ether oxygens (including phenoxy) is 1. The van der Waals surface area contributed by atoms with Crippen molar-refractivity contribution in [2.75, 3.05) is 32.8 Å². The SMILES string of the molecule is O=C(Cc1cc2cc(-c3ccnnc3)cnc2cn1)CN1CCOCC1. The smallest absolute Gasteiger partial charge is 0.152 e. The van der Waals surface area contributed by atoms with Crippen LogP contribution in [0.15, 0.2) is 43.0 Å². The number of fused-ring (bicyclic) bond motifs is 1. The molecule has 7 heteroatoms. The van der Waals surface area contributed by atoms with Crippen molar-refractivity contribution in [2.24, 2.45) is 0 Å². The zero-order valence-electron chi connectivity index (χ0n) is 14.3. The first-order valence-electron chi connectivity index (χ1n) is 8.61. The van der Waals surface area contributed by atoms with Crippen molar-refractivity contribution in [1.82, 2.24) is 25.1 Å². The number of aromatic nitrogens is 4. The Hall–Kier alpha value is -2.77. The van der Waals surface area contributed by atoms with Gasteiger partial charge in [0.15, 0.2) is 5.78 Å². The number of Topliss-reactive ketones (excluding diaryl/α,β-unsaturated/α-hetero) is 1. The molecular formula is C19H19N5O2. The molecule has 0 bridgehead atoms. The van der Waals surface area contributed by atoms with E-state index in [1.807, 2.05) is 18.2 Å². The number of morpholine rings is 1. The van der Waals surface area contributed by atoms with E-state index in [2.05, 4.69) is 25.1 Å². The summed E-state index contributed by atoms with van der Waals surface area (Å²) >= 11 is 0. The van der Waals surface area contributed by atoms with Gasteiger partial charge in [0.05, 0.1) is 50.3 Å². The molecule has 1 aliphatic heterocycles. The number of hydrogen-bond acceptors (Lipinski definition) is 7. The highest BCUT2D eigenvalue weighted by molar-refractivity contribution is 5.86. The molecule has 0 amide bonds. The Morgan fingerprint density at radius 2 is 1.92 bits per heavy atom. The van der Waals surface area contributed by atoms with Gasteiger partial charge in [0.2, 0.25) is 0 Å². The summed E-state index contributed by atoms with van der Waals surface area (Å²) in [6, 6.07) is 5.87. The van der Waals surface area contributed by atoms with Crippen molar-refractivity contribution in [1.29, 1.82) is 0 Å². The maximum absolute atomic E-state index is 12.4. The van der Waals surface area contributed by atoms with Crippen LogP contribution < -0.4 is 0 Å². The lowest BCUT2D eigenvalue weighted by molar-refractivity contribution is -0.120. The van der Waals surface area contributed by atoms with Crippen molar-refractivity contribution in [3.63, 3.8) is 0 Å². The Morgan fingerprint density at radius 1 is 1.04 bits per heavy atom. The van der Waals surface area contributed by atoms with E-state index in [1.54, 1.807) is 24.8 Å².